The maximum absolute atomic E-state index is 8.83. The molecule has 0 aromatic heterocycles. The van der Waals surface area contributed by atoms with Crippen LogP contribution in [0.2, 0.25) is 0 Å². The van der Waals surface area contributed by atoms with E-state index in [9.17, 15) is 0 Å². The highest BCUT2D eigenvalue weighted by Gasteiger charge is 2.64. The van der Waals surface area contributed by atoms with E-state index in [1.54, 1.807) is 12.8 Å². The Kier molecular flexibility index (Phi) is 6.33. The van der Waals surface area contributed by atoms with Crippen LogP contribution in [-0.2, 0) is 0 Å². The minimum Gasteiger partial charge on any atom is -0.396 e. The minimum atomic E-state index is 0.377. The molecule has 0 spiro atoms. The third kappa shape index (κ3) is 3.57. The van der Waals surface area contributed by atoms with E-state index < -0.39 is 0 Å². The molecule has 3 saturated carbocycles. The number of aliphatic hydroxyl groups excluding tert-OH is 1. The lowest BCUT2D eigenvalue weighted by Gasteiger charge is -2.63. The summed E-state index contributed by atoms with van der Waals surface area (Å²) in [6.07, 6.45) is 17.0. The molecule has 1 nitrogen and oxygen atoms in total. The second kappa shape index (κ2) is 8.11. The van der Waals surface area contributed by atoms with E-state index >= 15 is 0 Å². The van der Waals surface area contributed by atoms with Crippen molar-refractivity contribution in [2.24, 2.45) is 40.9 Å². The van der Waals surface area contributed by atoms with Gasteiger partial charge >= 0.3 is 0 Å². The van der Waals surface area contributed by atoms with E-state index in [4.69, 9.17) is 5.11 Å². The predicted octanol–water partition coefficient (Wildman–Crippen LogP) is 6.44. The van der Waals surface area contributed by atoms with Crippen LogP contribution in [0.25, 0.3) is 0 Å². The molecule has 0 bridgehead atoms. The molecule has 0 aromatic rings. The lowest BCUT2D eigenvalue weighted by molar-refractivity contribution is -0.144. The average Bonchev–Trinajstić information content (AvgIpc) is 2.87. The molecule has 6 atom stereocenters. The molecular weight excluding hydrogens is 292 g/mol. The van der Waals surface area contributed by atoms with Crippen LogP contribution >= 0.6 is 0 Å². The summed E-state index contributed by atoms with van der Waals surface area (Å²) in [5.41, 5.74) is 0.733. The van der Waals surface area contributed by atoms with Crippen LogP contribution in [0, 0.1) is 40.9 Å². The second-order valence-electron chi connectivity index (χ2n) is 10.1. The summed E-state index contributed by atoms with van der Waals surface area (Å²) in [7, 11) is 0. The van der Waals surface area contributed by atoms with Gasteiger partial charge in [-0.05, 0) is 73.0 Å². The molecule has 0 aromatic carbocycles. The van der Waals surface area contributed by atoms with Gasteiger partial charge in [-0.2, -0.15) is 0 Å². The van der Waals surface area contributed by atoms with Crippen molar-refractivity contribution in [3.8, 4) is 0 Å². The Hall–Kier alpha value is -0.0400. The molecule has 0 heterocycles. The molecule has 1 N–H and O–H groups in total. The van der Waals surface area contributed by atoms with Crippen LogP contribution in [0.4, 0.5) is 0 Å². The Bertz CT molecular complexity index is 389. The molecule has 0 amide bonds. The van der Waals surface area contributed by atoms with Crippen molar-refractivity contribution in [3.05, 3.63) is 0 Å². The first-order chi connectivity index (χ1) is 11.6. The molecular formula is C23H42O. The molecule has 1 heteroatoms. The van der Waals surface area contributed by atoms with Gasteiger partial charge in [-0.3, -0.25) is 0 Å². The van der Waals surface area contributed by atoms with Gasteiger partial charge < -0.3 is 5.11 Å². The predicted molar refractivity (Wildman–Crippen MR) is 103 cm³/mol. The maximum Gasteiger partial charge on any atom is 0.0431 e. The van der Waals surface area contributed by atoms with Gasteiger partial charge in [-0.1, -0.05) is 65.7 Å². The third-order valence-corrected chi connectivity index (χ3v) is 8.43. The van der Waals surface area contributed by atoms with Gasteiger partial charge in [0.05, 0.1) is 0 Å². The molecule has 0 aliphatic heterocycles. The summed E-state index contributed by atoms with van der Waals surface area (Å²) < 4.78 is 0. The Labute approximate surface area is 151 Å². The quantitative estimate of drug-likeness (QED) is 0.481. The fourth-order valence-electron chi connectivity index (χ4n) is 7.21. The van der Waals surface area contributed by atoms with Gasteiger partial charge in [0.1, 0.15) is 0 Å². The molecule has 3 fully saturated rings. The van der Waals surface area contributed by atoms with Crippen LogP contribution in [0.3, 0.4) is 0 Å². The molecule has 24 heavy (non-hydrogen) atoms. The van der Waals surface area contributed by atoms with Crippen LogP contribution in [-0.4, -0.2) is 11.7 Å². The fourth-order valence-corrected chi connectivity index (χ4v) is 7.21. The van der Waals surface area contributed by atoms with Crippen molar-refractivity contribution in [1.82, 2.24) is 0 Å². The van der Waals surface area contributed by atoms with Crippen LogP contribution in [0.5, 0.6) is 0 Å². The van der Waals surface area contributed by atoms with Crippen LogP contribution in [0.15, 0.2) is 0 Å². The first kappa shape index (κ1) is 18.7. The zero-order chi connectivity index (χ0) is 17.2. The van der Waals surface area contributed by atoms with Gasteiger partial charge in [-0.25, -0.2) is 0 Å². The summed E-state index contributed by atoms with van der Waals surface area (Å²) in [5.74, 6) is 6.22. The van der Waals surface area contributed by atoms with E-state index in [-0.39, 0.29) is 0 Å². The number of hydrogen-bond acceptors (Lipinski definition) is 1. The van der Waals surface area contributed by atoms with Crippen LogP contribution in [0.1, 0.15) is 97.8 Å². The zero-order valence-electron chi connectivity index (χ0n) is 16.6. The number of fused-ring (bicyclic) bond motifs is 4. The average molecular weight is 335 g/mol. The minimum absolute atomic E-state index is 0.377. The van der Waals surface area contributed by atoms with Crippen molar-refractivity contribution in [2.75, 3.05) is 6.61 Å². The normalized spacial score (nSPS) is 41.1. The monoisotopic (exact) mass is 334 g/mol. The third-order valence-electron chi connectivity index (χ3n) is 8.43. The SMILES string of the molecule is CC(C)[C@@H]1CC[C@]2(C)C3CC[C@@H](CCCCCCCCO)C[C@H]3[C@H]12. The Morgan fingerprint density at radius 1 is 0.958 bits per heavy atom. The number of hydrogen-bond donors (Lipinski definition) is 1. The number of aliphatic hydroxyl groups is 1. The molecule has 3 rings (SSSR count). The van der Waals surface area contributed by atoms with Crippen molar-refractivity contribution in [2.45, 2.75) is 97.8 Å². The Balaban J connectivity index is 1.40. The van der Waals surface area contributed by atoms with Gasteiger partial charge in [0.2, 0.25) is 0 Å². The van der Waals surface area contributed by atoms with Crippen molar-refractivity contribution < 1.29 is 5.11 Å². The van der Waals surface area contributed by atoms with Gasteiger partial charge in [-0.15, -0.1) is 0 Å². The summed E-state index contributed by atoms with van der Waals surface area (Å²) in [6.45, 7) is 7.97. The highest BCUT2D eigenvalue weighted by molar-refractivity contribution is 5.13. The fraction of sp³-hybridized carbons (Fsp3) is 1.00. The first-order valence-corrected chi connectivity index (χ1v) is 11.2. The van der Waals surface area contributed by atoms with E-state index in [0.717, 1.165) is 47.3 Å². The topological polar surface area (TPSA) is 20.2 Å². The molecule has 3 aliphatic rings. The molecule has 140 valence electrons. The van der Waals surface area contributed by atoms with Crippen molar-refractivity contribution >= 4 is 0 Å². The van der Waals surface area contributed by atoms with E-state index in [2.05, 4.69) is 20.8 Å². The largest absolute Gasteiger partial charge is 0.396 e. The Morgan fingerprint density at radius 2 is 1.67 bits per heavy atom. The van der Waals surface area contributed by atoms with E-state index in [0.29, 0.717) is 6.61 Å². The van der Waals surface area contributed by atoms with Gasteiger partial charge in [0.25, 0.3) is 0 Å². The highest BCUT2D eigenvalue weighted by atomic mass is 16.2. The standard InChI is InChI=1S/C23H42O/c1-17(2)19-13-14-23(3)21-12-11-18(16-20(21)22(19)23)10-8-6-4-5-7-9-15-24/h17-22,24H,4-16H2,1-3H3/t18-,19+,20-,21?,22+,23-/m1/s1. The first-order valence-electron chi connectivity index (χ1n) is 11.2. The summed E-state index contributed by atoms with van der Waals surface area (Å²) in [6, 6.07) is 0. The maximum atomic E-state index is 8.83. The summed E-state index contributed by atoms with van der Waals surface area (Å²) in [4.78, 5) is 0. The smallest absolute Gasteiger partial charge is 0.0431 e. The number of unbranched alkanes of at least 4 members (excludes halogenated alkanes) is 5. The van der Waals surface area contributed by atoms with E-state index in [1.807, 2.05) is 0 Å². The lowest BCUT2D eigenvalue weighted by Crippen LogP contribution is -2.56. The van der Waals surface area contributed by atoms with E-state index in [1.165, 1.54) is 57.8 Å². The van der Waals surface area contributed by atoms with Gasteiger partial charge in [0, 0.05) is 6.61 Å². The molecule has 1 unspecified atom stereocenters. The molecule has 0 saturated heterocycles. The van der Waals surface area contributed by atoms with Gasteiger partial charge in [0.15, 0.2) is 0 Å². The molecule has 3 aliphatic carbocycles. The number of rotatable bonds is 9. The van der Waals surface area contributed by atoms with Crippen molar-refractivity contribution in [1.29, 1.82) is 0 Å². The summed E-state index contributed by atoms with van der Waals surface area (Å²) >= 11 is 0. The Morgan fingerprint density at radius 3 is 2.38 bits per heavy atom. The highest BCUT2D eigenvalue weighted by Crippen LogP contribution is 2.71. The second-order valence-corrected chi connectivity index (χ2v) is 10.1. The lowest BCUT2D eigenvalue weighted by atomic mass is 9.42. The molecule has 0 radical (unpaired) electrons. The zero-order valence-corrected chi connectivity index (χ0v) is 16.6. The summed E-state index contributed by atoms with van der Waals surface area (Å²) in [5, 5.41) is 8.83. The van der Waals surface area contributed by atoms with Crippen LogP contribution < -0.4 is 0 Å². The van der Waals surface area contributed by atoms with Crippen molar-refractivity contribution in [3.63, 3.8) is 0 Å².